The number of imidazole rings is 1. The SMILES string of the molecule is CCCOc1ccc(Cn2cc(C(=O)N(c3ccc(C)cc3)S(=O)[O-])nc2CC)c(Cl)c1. The Morgan fingerprint density at radius 3 is 2.53 bits per heavy atom. The van der Waals surface area contributed by atoms with E-state index in [1.165, 1.54) is 0 Å². The Balaban J connectivity index is 1.87. The number of anilines is 1. The Labute approximate surface area is 195 Å². The van der Waals surface area contributed by atoms with Crippen molar-refractivity contribution in [3.8, 4) is 5.75 Å². The molecule has 0 fully saturated rings. The molecule has 2 aromatic carbocycles. The lowest BCUT2D eigenvalue weighted by Crippen LogP contribution is -2.32. The first-order chi connectivity index (χ1) is 15.3. The highest BCUT2D eigenvalue weighted by atomic mass is 35.5. The minimum atomic E-state index is -2.79. The molecule has 0 N–H and O–H groups in total. The van der Waals surface area contributed by atoms with Crippen LogP contribution in [0.3, 0.4) is 0 Å². The van der Waals surface area contributed by atoms with Crippen LogP contribution in [0, 0.1) is 6.92 Å². The minimum absolute atomic E-state index is 0.0469. The van der Waals surface area contributed by atoms with Gasteiger partial charge in [0, 0.05) is 17.6 Å². The van der Waals surface area contributed by atoms with E-state index in [0.29, 0.717) is 40.5 Å². The number of benzene rings is 2. The van der Waals surface area contributed by atoms with Crippen molar-refractivity contribution < 1.29 is 18.3 Å². The Morgan fingerprint density at radius 1 is 1.22 bits per heavy atom. The van der Waals surface area contributed by atoms with Crippen LogP contribution in [-0.4, -0.2) is 30.8 Å². The van der Waals surface area contributed by atoms with Crippen LogP contribution in [0.4, 0.5) is 5.69 Å². The molecule has 1 atom stereocenters. The van der Waals surface area contributed by atoms with E-state index in [4.69, 9.17) is 16.3 Å². The molecule has 0 aliphatic heterocycles. The molecule has 0 bridgehead atoms. The summed E-state index contributed by atoms with van der Waals surface area (Å²) in [4.78, 5) is 17.4. The fraction of sp³-hybridized carbons (Fsp3) is 0.304. The van der Waals surface area contributed by atoms with Gasteiger partial charge < -0.3 is 13.9 Å². The van der Waals surface area contributed by atoms with Crippen molar-refractivity contribution in [2.75, 3.05) is 10.9 Å². The zero-order valence-electron chi connectivity index (χ0n) is 18.2. The van der Waals surface area contributed by atoms with Crippen molar-refractivity contribution in [3.05, 3.63) is 76.3 Å². The van der Waals surface area contributed by atoms with Gasteiger partial charge in [-0.1, -0.05) is 49.2 Å². The second-order valence-electron chi connectivity index (χ2n) is 7.28. The van der Waals surface area contributed by atoms with Crippen LogP contribution in [0.25, 0.3) is 0 Å². The zero-order valence-corrected chi connectivity index (χ0v) is 19.8. The number of rotatable bonds is 9. The fourth-order valence-corrected chi connectivity index (χ4v) is 3.93. The van der Waals surface area contributed by atoms with E-state index in [2.05, 4.69) is 4.98 Å². The highest BCUT2D eigenvalue weighted by Gasteiger charge is 2.23. The number of halogens is 1. The van der Waals surface area contributed by atoms with Crippen LogP contribution in [0.15, 0.2) is 48.7 Å². The van der Waals surface area contributed by atoms with E-state index < -0.39 is 17.2 Å². The van der Waals surface area contributed by atoms with Crippen molar-refractivity contribution in [2.24, 2.45) is 0 Å². The minimum Gasteiger partial charge on any atom is -0.755 e. The summed E-state index contributed by atoms with van der Waals surface area (Å²) in [5.74, 6) is 0.630. The largest absolute Gasteiger partial charge is 0.755 e. The maximum Gasteiger partial charge on any atom is 0.289 e. The molecular formula is C23H25ClN3O4S-. The Morgan fingerprint density at radius 2 is 1.94 bits per heavy atom. The number of ether oxygens (including phenoxy) is 1. The van der Waals surface area contributed by atoms with E-state index >= 15 is 0 Å². The summed E-state index contributed by atoms with van der Waals surface area (Å²) in [6.07, 6.45) is 3.03. The number of carbonyl (C=O) groups is 1. The third kappa shape index (κ3) is 5.56. The lowest BCUT2D eigenvalue weighted by atomic mass is 10.2. The lowest BCUT2D eigenvalue weighted by molar-refractivity contribution is 0.100. The monoisotopic (exact) mass is 474 g/mol. The van der Waals surface area contributed by atoms with Gasteiger partial charge in [0.25, 0.3) is 5.91 Å². The molecule has 9 heteroatoms. The molecule has 0 saturated heterocycles. The summed E-state index contributed by atoms with van der Waals surface area (Å²) in [6, 6.07) is 12.2. The summed E-state index contributed by atoms with van der Waals surface area (Å²) in [7, 11) is 0. The summed E-state index contributed by atoms with van der Waals surface area (Å²) < 4.78 is 31.8. The molecule has 7 nitrogen and oxygen atoms in total. The van der Waals surface area contributed by atoms with Gasteiger partial charge in [0.15, 0.2) is 0 Å². The summed E-state index contributed by atoms with van der Waals surface area (Å²) in [5.41, 5.74) is 2.10. The molecule has 3 aromatic rings. The van der Waals surface area contributed by atoms with E-state index in [-0.39, 0.29) is 11.4 Å². The molecule has 3 rings (SSSR count). The van der Waals surface area contributed by atoms with Crippen molar-refractivity contribution in [1.29, 1.82) is 0 Å². The smallest absolute Gasteiger partial charge is 0.289 e. The first-order valence-electron chi connectivity index (χ1n) is 10.3. The molecular weight excluding hydrogens is 450 g/mol. The van der Waals surface area contributed by atoms with Crippen LogP contribution in [0.5, 0.6) is 5.75 Å². The van der Waals surface area contributed by atoms with Gasteiger partial charge in [0.1, 0.15) is 17.3 Å². The maximum atomic E-state index is 13.0. The third-order valence-corrected chi connectivity index (χ3v) is 5.86. The Kier molecular flexibility index (Phi) is 8.06. The molecule has 170 valence electrons. The van der Waals surface area contributed by atoms with Crippen molar-refractivity contribution in [1.82, 2.24) is 9.55 Å². The van der Waals surface area contributed by atoms with Crippen LogP contribution in [0.2, 0.25) is 5.02 Å². The molecule has 0 spiro atoms. The first kappa shape index (κ1) is 24.0. The second-order valence-corrected chi connectivity index (χ2v) is 8.48. The quantitative estimate of drug-likeness (QED) is 0.420. The lowest BCUT2D eigenvalue weighted by Gasteiger charge is -2.23. The van der Waals surface area contributed by atoms with Gasteiger partial charge in [-0.2, -0.15) is 0 Å². The van der Waals surface area contributed by atoms with Crippen LogP contribution < -0.4 is 9.04 Å². The van der Waals surface area contributed by atoms with Gasteiger partial charge in [0.05, 0.1) is 30.1 Å². The van der Waals surface area contributed by atoms with Gasteiger partial charge in [0.2, 0.25) is 0 Å². The predicted molar refractivity (Wildman–Crippen MR) is 125 cm³/mol. The highest BCUT2D eigenvalue weighted by Crippen LogP contribution is 2.25. The molecule has 0 aliphatic carbocycles. The molecule has 0 saturated carbocycles. The first-order valence-corrected chi connectivity index (χ1v) is 11.7. The van der Waals surface area contributed by atoms with E-state index in [1.807, 2.05) is 37.5 Å². The van der Waals surface area contributed by atoms with Crippen LogP contribution in [-0.2, 0) is 24.2 Å². The van der Waals surface area contributed by atoms with Gasteiger partial charge in [-0.15, -0.1) is 0 Å². The highest BCUT2D eigenvalue weighted by molar-refractivity contribution is 7.81. The third-order valence-electron chi connectivity index (χ3n) is 4.83. The van der Waals surface area contributed by atoms with Gasteiger partial charge in [-0.3, -0.25) is 9.00 Å². The standard InChI is InChI=1S/C23H26ClN3O4S/c1-4-12-31-19-11-8-17(20(24)13-19)14-26-15-21(25-22(26)5-2)23(28)27(32(29)30)18-9-6-16(3)7-10-18/h6-11,13,15H,4-5,12,14H2,1-3H3,(H,29,30)/p-1. The molecule has 1 aromatic heterocycles. The molecule has 1 heterocycles. The Bertz CT molecular complexity index is 1110. The van der Waals surface area contributed by atoms with E-state index in [1.54, 1.807) is 36.5 Å². The molecule has 0 radical (unpaired) electrons. The summed E-state index contributed by atoms with van der Waals surface area (Å²) in [6.45, 7) is 6.83. The van der Waals surface area contributed by atoms with Crippen molar-refractivity contribution in [3.63, 3.8) is 0 Å². The average Bonchev–Trinajstić information content (AvgIpc) is 3.18. The number of carbonyl (C=O) groups excluding carboxylic acids is 1. The molecule has 1 unspecified atom stereocenters. The fourth-order valence-electron chi connectivity index (χ4n) is 3.18. The maximum absolute atomic E-state index is 13.0. The molecule has 32 heavy (non-hydrogen) atoms. The van der Waals surface area contributed by atoms with E-state index in [9.17, 15) is 13.6 Å². The van der Waals surface area contributed by atoms with Gasteiger partial charge >= 0.3 is 0 Å². The average molecular weight is 475 g/mol. The Hall–Kier alpha value is -2.68. The number of hydrogen-bond acceptors (Lipinski definition) is 5. The predicted octanol–water partition coefficient (Wildman–Crippen LogP) is 4.69. The molecule has 0 aliphatic rings. The van der Waals surface area contributed by atoms with Gasteiger partial charge in [-0.25, -0.2) is 9.29 Å². The van der Waals surface area contributed by atoms with Crippen LogP contribution in [0.1, 0.15) is 47.7 Å². The normalized spacial score (nSPS) is 11.9. The van der Waals surface area contributed by atoms with E-state index in [0.717, 1.165) is 17.5 Å². The number of hydrogen-bond donors (Lipinski definition) is 0. The summed E-state index contributed by atoms with van der Waals surface area (Å²) in [5, 5.41) is 0.546. The van der Waals surface area contributed by atoms with Crippen molar-refractivity contribution in [2.45, 2.75) is 40.2 Å². The zero-order chi connectivity index (χ0) is 23.3. The summed E-state index contributed by atoms with van der Waals surface area (Å²) >= 11 is 3.65. The van der Waals surface area contributed by atoms with Gasteiger partial charge in [-0.05, 0) is 43.2 Å². The number of aromatic nitrogens is 2. The molecule has 1 amide bonds. The van der Waals surface area contributed by atoms with Crippen molar-refractivity contribution >= 4 is 34.5 Å². The number of amides is 1. The second kappa shape index (κ2) is 10.8. The number of nitrogens with zero attached hydrogens (tertiary/aromatic N) is 3. The number of aryl methyl sites for hydroxylation is 2. The topological polar surface area (TPSA) is 87.5 Å². The van der Waals surface area contributed by atoms with Crippen LogP contribution >= 0.6 is 11.6 Å².